The van der Waals surface area contributed by atoms with Gasteiger partial charge in [0.05, 0.1) is 0 Å². The van der Waals surface area contributed by atoms with Crippen LogP contribution in [0.3, 0.4) is 0 Å². The molecular weight excluding hydrogens is 214 g/mol. The summed E-state index contributed by atoms with van der Waals surface area (Å²) in [5, 5.41) is 8.70. The zero-order valence-corrected chi connectivity index (χ0v) is 10.1. The third kappa shape index (κ3) is 2.18. The average Bonchev–Trinajstić information content (AvgIpc) is 2.73. The maximum Gasteiger partial charge on any atom is 0.167 e. The molecule has 0 amide bonds. The smallest absolute Gasteiger partial charge is 0.167 e. The first-order valence-corrected chi connectivity index (χ1v) is 6.11. The van der Waals surface area contributed by atoms with Crippen molar-refractivity contribution in [3.8, 4) is 0 Å². The fourth-order valence-electron chi connectivity index (χ4n) is 2.30. The zero-order chi connectivity index (χ0) is 11.7. The Morgan fingerprint density at radius 2 is 2.18 bits per heavy atom. The summed E-state index contributed by atoms with van der Waals surface area (Å²) in [4.78, 5) is 2.41. The van der Waals surface area contributed by atoms with Crippen molar-refractivity contribution in [1.82, 2.24) is 15.4 Å². The number of rotatable bonds is 2. The number of fused-ring (bicyclic) bond motifs is 1. The molecule has 4 nitrogen and oxygen atoms in total. The summed E-state index contributed by atoms with van der Waals surface area (Å²) < 4.78 is 5.35. The van der Waals surface area contributed by atoms with Gasteiger partial charge in [-0.15, -0.1) is 0 Å². The summed E-state index contributed by atoms with van der Waals surface area (Å²) in [7, 11) is 0. The van der Waals surface area contributed by atoms with Crippen LogP contribution in [0.4, 0.5) is 0 Å². The van der Waals surface area contributed by atoms with Gasteiger partial charge in [-0.3, -0.25) is 4.90 Å². The number of nitrogens with zero attached hydrogens (tertiary/aromatic N) is 2. The van der Waals surface area contributed by atoms with Gasteiger partial charge in [-0.2, -0.15) is 0 Å². The monoisotopic (exact) mass is 231 g/mol. The molecular formula is C13H17N3O. The van der Waals surface area contributed by atoms with Gasteiger partial charge in [0, 0.05) is 38.1 Å². The third-order valence-corrected chi connectivity index (χ3v) is 3.28. The summed E-state index contributed by atoms with van der Waals surface area (Å²) in [5.41, 5.74) is 3.20. The van der Waals surface area contributed by atoms with Crippen LogP contribution in [-0.4, -0.2) is 36.2 Å². The molecule has 0 spiro atoms. The van der Waals surface area contributed by atoms with Gasteiger partial charge in [0.25, 0.3) is 0 Å². The van der Waals surface area contributed by atoms with E-state index < -0.39 is 0 Å². The van der Waals surface area contributed by atoms with Crippen molar-refractivity contribution < 1.29 is 4.52 Å². The van der Waals surface area contributed by atoms with Crippen LogP contribution in [0.25, 0.3) is 11.0 Å². The maximum absolute atomic E-state index is 5.35. The van der Waals surface area contributed by atoms with Crippen LogP contribution in [0.1, 0.15) is 11.3 Å². The predicted molar refractivity (Wildman–Crippen MR) is 66.9 cm³/mol. The van der Waals surface area contributed by atoms with E-state index in [-0.39, 0.29) is 0 Å². The number of nitrogens with one attached hydrogen (secondary N) is 1. The lowest BCUT2D eigenvalue weighted by atomic mass is 10.1. The van der Waals surface area contributed by atoms with E-state index in [0.717, 1.165) is 49.4 Å². The van der Waals surface area contributed by atoms with E-state index in [1.54, 1.807) is 0 Å². The van der Waals surface area contributed by atoms with Gasteiger partial charge in [-0.1, -0.05) is 16.8 Å². The summed E-state index contributed by atoms with van der Waals surface area (Å²) in [6.45, 7) is 7.28. The molecule has 3 rings (SSSR count). The summed E-state index contributed by atoms with van der Waals surface area (Å²) in [6.07, 6.45) is 0. The van der Waals surface area contributed by atoms with Gasteiger partial charge in [0.1, 0.15) is 5.69 Å². The second-order valence-electron chi connectivity index (χ2n) is 4.66. The van der Waals surface area contributed by atoms with Crippen LogP contribution in [0.2, 0.25) is 0 Å². The van der Waals surface area contributed by atoms with Crippen molar-refractivity contribution >= 4 is 11.0 Å². The van der Waals surface area contributed by atoms with Gasteiger partial charge < -0.3 is 9.84 Å². The van der Waals surface area contributed by atoms with Gasteiger partial charge in [0.15, 0.2) is 5.58 Å². The van der Waals surface area contributed by atoms with Gasteiger partial charge in [-0.25, -0.2) is 0 Å². The Hall–Kier alpha value is -1.39. The largest absolute Gasteiger partial charge is 0.356 e. The van der Waals surface area contributed by atoms with E-state index in [1.165, 1.54) is 5.56 Å². The zero-order valence-electron chi connectivity index (χ0n) is 10.1. The fraction of sp³-hybridized carbons (Fsp3) is 0.462. The molecule has 0 radical (unpaired) electrons. The van der Waals surface area contributed by atoms with Crippen molar-refractivity contribution in [3.63, 3.8) is 0 Å². The number of hydrogen-bond acceptors (Lipinski definition) is 4. The molecule has 2 heterocycles. The predicted octanol–water partition coefficient (Wildman–Crippen LogP) is 1.54. The Morgan fingerprint density at radius 3 is 3.00 bits per heavy atom. The number of aromatic nitrogens is 1. The molecule has 0 bridgehead atoms. The molecule has 1 aliphatic rings. The van der Waals surface area contributed by atoms with Crippen molar-refractivity contribution in [2.75, 3.05) is 26.2 Å². The van der Waals surface area contributed by atoms with E-state index >= 15 is 0 Å². The molecule has 1 aromatic heterocycles. The summed E-state index contributed by atoms with van der Waals surface area (Å²) in [6, 6.07) is 6.21. The highest BCUT2D eigenvalue weighted by atomic mass is 16.5. The summed E-state index contributed by atoms with van der Waals surface area (Å²) in [5.74, 6) is 0. The highest BCUT2D eigenvalue weighted by Crippen LogP contribution is 2.21. The molecule has 1 N–H and O–H groups in total. The summed E-state index contributed by atoms with van der Waals surface area (Å²) >= 11 is 0. The van der Waals surface area contributed by atoms with Crippen LogP contribution in [0.15, 0.2) is 22.7 Å². The molecule has 1 fully saturated rings. The highest BCUT2D eigenvalue weighted by Gasteiger charge is 2.14. The van der Waals surface area contributed by atoms with E-state index in [9.17, 15) is 0 Å². The molecule has 4 heteroatoms. The van der Waals surface area contributed by atoms with Crippen molar-refractivity contribution in [2.24, 2.45) is 0 Å². The molecule has 2 aromatic rings. The Bertz CT molecular complexity index is 514. The first-order chi connectivity index (χ1) is 8.33. The second kappa shape index (κ2) is 4.47. The van der Waals surface area contributed by atoms with Crippen LogP contribution in [0.5, 0.6) is 0 Å². The number of benzene rings is 1. The number of hydrogen-bond donors (Lipinski definition) is 1. The normalized spacial score (nSPS) is 17.7. The highest BCUT2D eigenvalue weighted by molar-refractivity contribution is 5.80. The Morgan fingerprint density at radius 1 is 1.35 bits per heavy atom. The van der Waals surface area contributed by atoms with Crippen LogP contribution in [0, 0.1) is 6.92 Å². The van der Waals surface area contributed by atoms with Gasteiger partial charge in [0.2, 0.25) is 0 Å². The minimum atomic E-state index is 0.887. The molecule has 1 aliphatic heterocycles. The molecule has 1 aromatic carbocycles. The number of piperazine rings is 1. The van der Waals surface area contributed by atoms with Crippen LogP contribution < -0.4 is 5.32 Å². The van der Waals surface area contributed by atoms with Crippen LogP contribution in [-0.2, 0) is 6.54 Å². The second-order valence-corrected chi connectivity index (χ2v) is 4.66. The third-order valence-electron chi connectivity index (χ3n) is 3.28. The SMILES string of the molecule is Cc1ccc2onc(CN3CCNCC3)c2c1. The van der Waals surface area contributed by atoms with Crippen molar-refractivity contribution in [2.45, 2.75) is 13.5 Å². The molecule has 1 saturated heterocycles. The quantitative estimate of drug-likeness (QED) is 0.851. The van der Waals surface area contributed by atoms with E-state index in [4.69, 9.17) is 4.52 Å². The molecule has 0 atom stereocenters. The molecule has 0 aliphatic carbocycles. The topological polar surface area (TPSA) is 41.3 Å². The van der Waals surface area contributed by atoms with Crippen molar-refractivity contribution in [1.29, 1.82) is 0 Å². The molecule has 0 saturated carbocycles. The van der Waals surface area contributed by atoms with E-state index in [2.05, 4.69) is 34.4 Å². The van der Waals surface area contributed by atoms with Crippen molar-refractivity contribution in [3.05, 3.63) is 29.5 Å². The Balaban J connectivity index is 1.86. The van der Waals surface area contributed by atoms with E-state index in [0.29, 0.717) is 0 Å². The minimum absolute atomic E-state index is 0.887. The van der Waals surface area contributed by atoms with E-state index in [1.807, 2.05) is 6.07 Å². The average molecular weight is 231 g/mol. The molecule has 0 unspecified atom stereocenters. The fourth-order valence-corrected chi connectivity index (χ4v) is 2.30. The standard InChI is InChI=1S/C13H17N3O/c1-10-2-3-13-11(8-10)12(15-17-13)9-16-6-4-14-5-7-16/h2-3,8,14H,4-7,9H2,1H3. The Kier molecular flexibility index (Phi) is 2.82. The lowest BCUT2D eigenvalue weighted by Crippen LogP contribution is -2.42. The first-order valence-electron chi connectivity index (χ1n) is 6.11. The molecule has 17 heavy (non-hydrogen) atoms. The minimum Gasteiger partial charge on any atom is -0.356 e. The first kappa shape index (κ1) is 10.7. The lowest BCUT2D eigenvalue weighted by Gasteiger charge is -2.26. The lowest BCUT2D eigenvalue weighted by molar-refractivity contribution is 0.227. The number of aryl methyl sites for hydroxylation is 1. The van der Waals surface area contributed by atoms with Gasteiger partial charge >= 0.3 is 0 Å². The maximum atomic E-state index is 5.35. The molecule has 90 valence electrons. The Labute approximate surface area is 101 Å². The van der Waals surface area contributed by atoms with Gasteiger partial charge in [-0.05, 0) is 19.1 Å². The van der Waals surface area contributed by atoms with Crippen LogP contribution >= 0.6 is 0 Å².